The summed E-state index contributed by atoms with van der Waals surface area (Å²) in [6, 6.07) is 1.64. The zero-order chi connectivity index (χ0) is 11.5. The Morgan fingerprint density at radius 1 is 1.67 bits per heavy atom. The SMILES string of the molecule is CC(C)(F)CCn1nccc1CC(=O)O. The molecule has 5 heteroatoms. The van der Waals surface area contributed by atoms with E-state index in [0.717, 1.165) is 0 Å². The number of hydrogen-bond donors (Lipinski definition) is 1. The monoisotopic (exact) mass is 214 g/mol. The lowest BCUT2D eigenvalue weighted by molar-refractivity contribution is -0.136. The molecule has 1 aromatic heterocycles. The number of carboxylic acid groups (broad SMARTS) is 1. The molecule has 0 bridgehead atoms. The maximum atomic E-state index is 13.2. The number of hydrogen-bond acceptors (Lipinski definition) is 2. The molecule has 0 saturated carbocycles. The maximum absolute atomic E-state index is 13.2. The summed E-state index contributed by atoms with van der Waals surface area (Å²) < 4.78 is 14.8. The molecule has 84 valence electrons. The van der Waals surface area contributed by atoms with Gasteiger partial charge in [0.05, 0.1) is 6.42 Å². The summed E-state index contributed by atoms with van der Waals surface area (Å²) in [7, 11) is 0. The Labute approximate surface area is 87.7 Å². The molecule has 0 aliphatic carbocycles. The molecule has 1 N–H and O–H groups in total. The Hall–Kier alpha value is -1.39. The normalized spacial score (nSPS) is 11.7. The Bertz CT molecular complexity index is 341. The first kappa shape index (κ1) is 11.7. The summed E-state index contributed by atoms with van der Waals surface area (Å²) in [5.41, 5.74) is -0.654. The lowest BCUT2D eigenvalue weighted by Gasteiger charge is -2.14. The molecule has 4 nitrogen and oxygen atoms in total. The van der Waals surface area contributed by atoms with E-state index in [1.54, 1.807) is 6.07 Å². The van der Waals surface area contributed by atoms with Crippen LogP contribution in [0.5, 0.6) is 0 Å². The Morgan fingerprint density at radius 2 is 2.33 bits per heavy atom. The molecular formula is C10H15FN2O2. The number of aryl methyl sites for hydroxylation is 1. The van der Waals surface area contributed by atoms with E-state index in [1.165, 1.54) is 24.7 Å². The van der Waals surface area contributed by atoms with Crippen LogP contribution in [0.2, 0.25) is 0 Å². The van der Waals surface area contributed by atoms with Crippen molar-refractivity contribution in [2.45, 2.75) is 38.9 Å². The summed E-state index contributed by atoms with van der Waals surface area (Å²) in [5, 5.41) is 12.6. The summed E-state index contributed by atoms with van der Waals surface area (Å²) in [6.45, 7) is 3.39. The van der Waals surface area contributed by atoms with Gasteiger partial charge in [0.1, 0.15) is 5.67 Å². The summed E-state index contributed by atoms with van der Waals surface area (Å²) >= 11 is 0. The molecule has 1 heterocycles. The van der Waals surface area contributed by atoms with Crippen molar-refractivity contribution in [3.05, 3.63) is 18.0 Å². The van der Waals surface area contributed by atoms with Gasteiger partial charge < -0.3 is 5.11 Å². The molecule has 0 fully saturated rings. The first-order valence-electron chi connectivity index (χ1n) is 4.80. The standard InChI is InChI=1S/C10H15FN2O2/c1-10(2,11)4-6-13-8(3-5-12-13)7-9(14)15/h3,5H,4,6-7H2,1-2H3,(H,14,15). The molecule has 0 spiro atoms. The van der Waals surface area contributed by atoms with Crippen molar-refractivity contribution >= 4 is 5.97 Å². The van der Waals surface area contributed by atoms with Gasteiger partial charge in [-0.3, -0.25) is 9.48 Å². The third kappa shape index (κ3) is 4.10. The van der Waals surface area contributed by atoms with E-state index in [2.05, 4.69) is 5.10 Å². The van der Waals surface area contributed by atoms with Gasteiger partial charge in [0.25, 0.3) is 0 Å². The van der Waals surface area contributed by atoms with Gasteiger partial charge in [0.2, 0.25) is 0 Å². The Morgan fingerprint density at radius 3 is 2.87 bits per heavy atom. The summed E-state index contributed by atoms with van der Waals surface area (Å²) in [6.07, 6.45) is 1.78. The predicted molar refractivity (Wildman–Crippen MR) is 53.4 cm³/mol. The minimum atomic E-state index is -1.26. The van der Waals surface area contributed by atoms with E-state index in [4.69, 9.17) is 5.11 Å². The second-order valence-corrected chi connectivity index (χ2v) is 4.08. The number of nitrogens with zero attached hydrogens (tertiary/aromatic N) is 2. The van der Waals surface area contributed by atoms with Gasteiger partial charge in [0.15, 0.2) is 0 Å². The van der Waals surface area contributed by atoms with Crippen molar-refractivity contribution in [1.29, 1.82) is 0 Å². The molecule has 1 aromatic rings. The number of aromatic nitrogens is 2. The van der Waals surface area contributed by atoms with Crippen LogP contribution in [0.3, 0.4) is 0 Å². The molecule has 0 aliphatic heterocycles. The highest BCUT2D eigenvalue weighted by Gasteiger charge is 2.16. The summed E-state index contributed by atoms with van der Waals surface area (Å²) in [4.78, 5) is 10.5. The smallest absolute Gasteiger partial charge is 0.309 e. The number of halogens is 1. The summed E-state index contributed by atoms with van der Waals surface area (Å²) in [5.74, 6) is -0.906. The Balaban J connectivity index is 2.61. The Kier molecular flexibility index (Phi) is 3.44. The van der Waals surface area contributed by atoms with E-state index < -0.39 is 11.6 Å². The lowest BCUT2D eigenvalue weighted by Crippen LogP contribution is -2.18. The highest BCUT2D eigenvalue weighted by molar-refractivity contribution is 5.69. The molecule has 0 unspecified atom stereocenters. The number of carbonyl (C=O) groups is 1. The molecule has 0 aromatic carbocycles. The van der Waals surface area contributed by atoms with Crippen LogP contribution in [0.25, 0.3) is 0 Å². The van der Waals surface area contributed by atoms with Gasteiger partial charge in [0, 0.05) is 24.9 Å². The van der Waals surface area contributed by atoms with Crippen molar-refractivity contribution in [3.63, 3.8) is 0 Å². The second kappa shape index (κ2) is 4.42. The fraction of sp³-hybridized carbons (Fsp3) is 0.600. The van der Waals surface area contributed by atoms with Crippen LogP contribution in [0.4, 0.5) is 4.39 Å². The van der Waals surface area contributed by atoms with Crippen LogP contribution in [0.1, 0.15) is 26.0 Å². The average Bonchev–Trinajstić information content (AvgIpc) is 2.46. The van der Waals surface area contributed by atoms with Crippen molar-refractivity contribution in [2.24, 2.45) is 0 Å². The topological polar surface area (TPSA) is 55.1 Å². The van der Waals surface area contributed by atoms with Gasteiger partial charge in [-0.2, -0.15) is 5.10 Å². The van der Waals surface area contributed by atoms with Crippen molar-refractivity contribution < 1.29 is 14.3 Å². The van der Waals surface area contributed by atoms with Crippen molar-refractivity contribution in [2.75, 3.05) is 0 Å². The number of carboxylic acids is 1. The minimum Gasteiger partial charge on any atom is -0.481 e. The molecular weight excluding hydrogens is 199 g/mol. The minimum absolute atomic E-state index is 0.0767. The van der Waals surface area contributed by atoms with E-state index in [9.17, 15) is 9.18 Å². The van der Waals surface area contributed by atoms with Crippen molar-refractivity contribution in [1.82, 2.24) is 9.78 Å². The van der Waals surface area contributed by atoms with Crippen LogP contribution in [-0.2, 0) is 17.8 Å². The molecule has 0 saturated heterocycles. The van der Waals surface area contributed by atoms with E-state index >= 15 is 0 Å². The van der Waals surface area contributed by atoms with Gasteiger partial charge >= 0.3 is 5.97 Å². The molecule has 15 heavy (non-hydrogen) atoms. The number of alkyl halides is 1. The first-order valence-corrected chi connectivity index (χ1v) is 4.80. The van der Waals surface area contributed by atoms with E-state index in [-0.39, 0.29) is 6.42 Å². The first-order chi connectivity index (χ1) is 6.88. The van der Waals surface area contributed by atoms with Gasteiger partial charge in [-0.1, -0.05) is 0 Å². The van der Waals surface area contributed by atoms with Gasteiger partial charge in [-0.05, 0) is 19.9 Å². The van der Waals surface area contributed by atoms with Crippen LogP contribution >= 0.6 is 0 Å². The fourth-order valence-electron chi connectivity index (χ4n) is 1.24. The molecule has 0 radical (unpaired) electrons. The third-order valence-corrected chi connectivity index (χ3v) is 2.05. The molecule has 1 rings (SSSR count). The van der Waals surface area contributed by atoms with Crippen LogP contribution in [-0.4, -0.2) is 26.5 Å². The fourth-order valence-corrected chi connectivity index (χ4v) is 1.24. The highest BCUT2D eigenvalue weighted by Crippen LogP contribution is 2.15. The number of aliphatic carboxylic acids is 1. The highest BCUT2D eigenvalue weighted by atomic mass is 19.1. The third-order valence-electron chi connectivity index (χ3n) is 2.05. The maximum Gasteiger partial charge on any atom is 0.309 e. The van der Waals surface area contributed by atoms with Gasteiger partial charge in [-0.15, -0.1) is 0 Å². The molecule has 0 amide bonds. The second-order valence-electron chi connectivity index (χ2n) is 4.08. The lowest BCUT2D eigenvalue weighted by atomic mass is 10.1. The number of rotatable bonds is 5. The average molecular weight is 214 g/mol. The van der Waals surface area contributed by atoms with Crippen molar-refractivity contribution in [3.8, 4) is 0 Å². The quantitative estimate of drug-likeness (QED) is 0.810. The molecule has 0 atom stereocenters. The van der Waals surface area contributed by atoms with Crippen LogP contribution in [0.15, 0.2) is 12.3 Å². The van der Waals surface area contributed by atoms with E-state index in [1.807, 2.05) is 0 Å². The van der Waals surface area contributed by atoms with Gasteiger partial charge in [-0.25, -0.2) is 4.39 Å². The zero-order valence-corrected chi connectivity index (χ0v) is 8.90. The largest absolute Gasteiger partial charge is 0.481 e. The van der Waals surface area contributed by atoms with Crippen LogP contribution in [0, 0.1) is 0 Å². The predicted octanol–water partition coefficient (Wildman–Crippen LogP) is 1.65. The van der Waals surface area contributed by atoms with Crippen LogP contribution < -0.4 is 0 Å². The van der Waals surface area contributed by atoms with E-state index in [0.29, 0.717) is 18.7 Å². The molecule has 0 aliphatic rings. The zero-order valence-electron chi connectivity index (χ0n) is 8.90.